The molecule has 0 radical (unpaired) electrons. The van der Waals surface area contributed by atoms with Gasteiger partial charge in [0.15, 0.2) is 5.78 Å². The van der Waals surface area contributed by atoms with E-state index in [0.29, 0.717) is 12.1 Å². The molecule has 1 N–H and O–H groups in total. The Hall–Kier alpha value is -1.40. The van der Waals surface area contributed by atoms with Crippen molar-refractivity contribution in [1.29, 1.82) is 0 Å². The highest BCUT2D eigenvalue weighted by Crippen LogP contribution is 2.23. The summed E-state index contributed by atoms with van der Waals surface area (Å²) in [5.41, 5.74) is 0.549. The van der Waals surface area contributed by atoms with Crippen molar-refractivity contribution in [3.63, 3.8) is 0 Å². The minimum absolute atomic E-state index is 0.129. The van der Waals surface area contributed by atoms with E-state index in [4.69, 9.17) is 5.11 Å². The van der Waals surface area contributed by atoms with Crippen LogP contribution in [0.1, 0.15) is 32.6 Å². The molecule has 0 unspecified atom stereocenters. The molecule has 0 aromatic carbocycles. The Morgan fingerprint density at radius 1 is 1.44 bits per heavy atom. The Bertz CT molecular complexity index is 615. The van der Waals surface area contributed by atoms with Gasteiger partial charge >= 0.3 is 5.97 Å². The molecule has 94 valence electrons. The zero-order valence-corrected chi connectivity index (χ0v) is 11.9. The number of carboxylic acid groups (broad SMARTS) is 1. The van der Waals surface area contributed by atoms with E-state index >= 15 is 0 Å². The highest BCUT2D eigenvalue weighted by molar-refractivity contribution is 9.11. The maximum Gasteiger partial charge on any atom is 0.352 e. The van der Waals surface area contributed by atoms with Crippen LogP contribution in [0.15, 0.2) is 28.2 Å². The summed E-state index contributed by atoms with van der Waals surface area (Å²) < 4.78 is 2.57. The second kappa shape index (κ2) is 5.07. The number of ketones is 1. The molecule has 0 aliphatic rings. The number of thiophene rings is 1. The number of rotatable bonds is 4. The first-order valence-corrected chi connectivity index (χ1v) is 6.77. The number of nitrogens with zero attached hydrogens (tertiary/aromatic N) is 1. The highest BCUT2D eigenvalue weighted by atomic mass is 79.9. The van der Waals surface area contributed by atoms with Crippen LogP contribution in [0.25, 0.3) is 0 Å². The first kappa shape index (κ1) is 13.0. The van der Waals surface area contributed by atoms with Gasteiger partial charge in [-0.2, -0.15) is 0 Å². The summed E-state index contributed by atoms with van der Waals surface area (Å²) in [7, 11) is 0. The third-order valence-electron chi connectivity index (χ3n) is 2.48. The van der Waals surface area contributed by atoms with Crippen LogP contribution in [0, 0.1) is 0 Å². The lowest BCUT2D eigenvalue weighted by molar-refractivity contribution is 0.0685. The Labute approximate surface area is 116 Å². The van der Waals surface area contributed by atoms with Gasteiger partial charge in [-0.25, -0.2) is 4.79 Å². The van der Waals surface area contributed by atoms with Crippen molar-refractivity contribution in [2.45, 2.75) is 13.5 Å². The average Bonchev–Trinajstić information content (AvgIpc) is 2.85. The monoisotopic (exact) mass is 327 g/mol. The molecule has 0 spiro atoms. The van der Waals surface area contributed by atoms with Crippen molar-refractivity contribution in [2.75, 3.05) is 0 Å². The van der Waals surface area contributed by atoms with Crippen molar-refractivity contribution < 1.29 is 14.7 Å². The SMILES string of the molecule is CC(=O)c1cc(C(=O)O)n(Cc2ccc(Br)s2)c1. The van der Waals surface area contributed by atoms with E-state index in [0.717, 1.165) is 8.66 Å². The number of carbonyl (C=O) groups is 2. The van der Waals surface area contributed by atoms with E-state index in [1.54, 1.807) is 10.8 Å². The van der Waals surface area contributed by atoms with E-state index < -0.39 is 5.97 Å². The Kier molecular flexibility index (Phi) is 3.68. The van der Waals surface area contributed by atoms with E-state index in [1.165, 1.54) is 24.3 Å². The fourth-order valence-corrected chi connectivity index (χ4v) is 3.10. The molecule has 0 saturated carbocycles. The number of aromatic carboxylic acids is 1. The van der Waals surface area contributed by atoms with Gasteiger partial charge in [-0.15, -0.1) is 11.3 Å². The quantitative estimate of drug-likeness (QED) is 0.877. The lowest BCUT2D eigenvalue weighted by atomic mass is 10.2. The third-order valence-corrected chi connectivity index (χ3v) is 4.09. The van der Waals surface area contributed by atoms with Crippen molar-refractivity contribution in [3.8, 4) is 0 Å². The molecule has 0 aliphatic heterocycles. The zero-order chi connectivity index (χ0) is 13.3. The minimum atomic E-state index is -1.03. The van der Waals surface area contributed by atoms with E-state index in [-0.39, 0.29) is 11.5 Å². The highest BCUT2D eigenvalue weighted by Gasteiger charge is 2.15. The standard InChI is InChI=1S/C12H10BrNO3S/c1-7(15)8-4-10(12(16)17)14(5-8)6-9-2-3-11(13)18-9/h2-5H,6H2,1H3,(H,16,17). The molecule has 6 heteroatoms. The second-order valence-corrected chi connectivity index (χ2v) is 6.36. The number of Topliss-reactive ketones (excluding diaryl/α,β-unsaturated/α-hetero) is 1. The molecule has 4 nitrogen and oxygen atoms in total. The van der Waals surface area contributed by atoms with Crippen LogP contribution in [-0.4, -0.2) is 21.4 Å². The summed E-state index contributed by atoms with van der Waals surface area (Å²) in [6.45, 7) is 1.87. The van der Waals surface area contributed by atoms with Crippen molar-refractivity contribution in [2.24, 2.45) is 0 Å². The molecule has 0 amide bonds. The summed E-state index contributed by atoms with van der Waals surface area (Å²) >= 11 is 4.90. The van der Waals surface area contributed by atoms with Crippen molar-refractivity contribution >= 4 is 39.0 Å². The Morgan fingerprint density at radius 2 is 2.17 bits per heavy atom. The molecule has 2 aromatic heterocycles. The molecule has 0 saturated heterocycles. The number of hydrogen-bond donors (Lipinski definition) is 1. The number of carboxylic acids is 1. The number of aromatic nitrogens is 1. The Morgan fingerprint density at radius 3 is 2.67 bits per heavy atom. The van der Waals surface area contributed by atoms with Gasteiger partial charge in [-0.05, 0) is 41.1 Å². The van der Waals surface area contributed by atoms with Crippen LogP contribution in [0.2, 0.25) is 0 Å². The van der Waals surface area contributed by atoms with Gasteiger partial charge in [-0.1, -0.05) is 0 Å². The molecule has 2 aromatic rings. The molecule has 0 aliphatic carbocycles. The maximum atomic E-state index is 11.3. The zero-order valence-electron chi connectivity index (χ0n) is 9.51. The lowest BCUT2D eigenvalue weighted by Crippen LogP contribution is -2.07. The van der Waals surface area contributed by atoms with Crippen LogP contribution < -0.4 is 0 Å². The molecule has 2 heterocycles. The van der Waals surface area contributed by atoms with Crippen LogP contribution >= 0.6 is 27.3 Å². The van der Waals surface area contributed by atoms with Crippen LogP contribution in [0.4, 0.5) is 0 Å². The molecular weight excluding hydrogens is 318 g/mol. The predicted molar refractivity (Wildman–Crippen MR) is 72.5 cm³/mol. The van der Waals surface area contributed by atoms with E-state index in [2.05, 4.69) is 15.9 Å². The summed E-state index contributed by atoms with van der Waals surface area (Å²) in [6, 6.07) is 5.25. The first-order chi connectivity index (χ1) is 8.47. The smallest absolute Gasteiger partial charge is 0.352 e. The van der Waals surface area contributed by atoms with Crippen LogP contribution in [0.5, 0.6) is 0 Å². The van der Waals surface area contributed by atoms with Gasteiger partial charge in [0, 0.05) is 16.6 Å². The van der Waals surface area contributed by atoms with E-state index in [1.807, 2.05) is 12.1 Å². The topological polar surface area (TPSA) is 59.3 Å². The molecule has 0 bridgehead atoms. The first-order valence-electron chi connectivity index (χ1n) is 5.16. The molecule has 2 rings (SSSR count). The summed E-state index contributed by atoms with van der Waals surface area (Å²) in [6.07, 6.45) is 1.58. The summed E-state index contributed by atoms with van der Waals surface area (Å²) in [5.74, 6) is -1.17. The number of hydrogen-bond acceptors (Lipinski definition) is 3. The second-order valence-electron chi connectivity index (χ2n) is 3.81. The van der Waals surface area contributed by atoms with Gasteiger partial charge < -0.3 is 9.67 Å². The molecular formula is C12H10BrNO3S. The normalized spacial score (nSPS) is 10.6. The molecule has 18 heavy (non-hydrogen) atoms. The van der Waals surface area contributed by atoms with Gasteiger partial charge in [-0.3, -0.25) is 4.79 Å². The third kappa shape index (κ3) is 2.70. The summed E-state index contributed by atoms with van der Waals surface area (Å²) in [4.78, 5) is 23.4. The number of halogens is 1. The fourth-order valence-electron chi connectivity index (χ4n) is 1.62. The molecule has 0 atom stereocenters. The van der Waals surface area contributed by atoms with Crippen molar-refractivity contribution in [1.82, 2.24) is 4.57 Å². The predicted octanol–water partition coefficient (Wildman–Crippen LogP) is 3.26. The van der Waals surface area contributed by atoms with Crippen LogP contribution in [0.3, 0.4) is 0 Å². The van der Waals surface area contributed by atoms with Gasteiger partial charge in [0.25, 0.3) is 0 Å². The van der Waals surface area contributed by atoms with Crippen LogP contribution in [-0.2, 0) is 6.54 Å². The summed E-state index contributed by atoms with van der Waals surface area (Å²) in [5, 5.41) is 9.11. The van der Waals surface area contributed by atoms with Crippen molar-refractivity contribution in [3.05, 3.63) is 44.3 Å². The van der Waals surface area contributed by atoms with Gasteiger partial charge in [0.1, 0.15) is 5.69 Å². The van der Waals surface area contributed by atoms with Gasteiger partial charge in [0.05, 0.1) is 10.3 Å². The minimum Gasteiger partial charge on any atom is -0.477 e. The lowest BCUT2D eigenvalue weighted by Gasteiger charge is -2.03. The molecule has 0 fully saturated rings. The van der Waals surface area contributed by atoms with Gasteiger partial charge in [0.2, 0.25) is 0 Å². The van der Waals surface area contributed by atoms with E-state index in [9.17, 15) is 9.59 Å². The number of carbonyl (C=O) groups excluding carboxylic acids is 1. The largest absolute Gasteiger partial charge is 0.477 e. The average molecular weight is 328 g/mol. The maximum absolute atomic E-state index is 11.3. The fraction of sp³-hybridized carbons (Fsp3) is 0.167. The Balaban J connectivity index is 2.36.